The molecule has 2 unspecified atom stereocenters. The summed E-state index contributed by atoms with van der Waals surface area (Å²) in [6.07, 6.45) is 2.33. The molecule has 2 amide bonds. The highest BCUT2D eigenvalue weighted by molar-refractivity contribution is 6.10. The van der Waals surface area contributed by atoms with Gasteiger partial charge >= 0.3 is 0 Å². The number of aromatic nitrogens is 2. The molecule has 2 atom stereocenters. The van der Waals surface area contributed by atoms with Crippen LogP contribution in [0.1, 0.15) is 32.9 Å². The van der Waals surface area contributed by atoms with Crippen LogP contribution in [0.25, 0.3) is 0 Å². The zero-order valence-corrected chi connectivity index (χ0v) is 12.0. The van der Waals surface area contributed by atoms with Crippen molar-refractivity contribution in [1.29, 1.82) is 0 Å². The zero-order valence-electron chi connectivity index (χ0n) is 12.0. The van der Waals surface area contributed by atoms with Crippen LogP contribution in [0.4, 0.5) is 5.69 Å². The van der Waals surface area contributed by atoms with Gasteiger partial charge in [-0.2, -0.15) is 5.10 Å². The van der Waals surface area contributed by atoms with E-state index in [0.29, 0.717) is 12.1 Å². The Kier molecular flexibility index (Phi) is 3.12. The molecule has 1 aliphatic rings. The van der Waals surface area contributed by atoms with E-state index in [1.165, 1.54) is 0 Å². The highest BCUT2D eigenvalue weighted by atomic mass is 16.2. The summed E-state index contributed by atoms with van der Waals surface area (Å²) in [4.78, 5) is 26.3. The lowest BCUT2D eigenvalue weighted by Crippen LogP contribution is -2.68. The van der Waals surface area contributed by atoms with Crippen LogP contribution in [-0.4, -0.2) is 33.2 Å². The van der Waals surface area contributed by atoms with Crippen molar-refractivity contribution < 1.29 is 9.59 Å². The fourth-order valence-corrected chi connectivity index (χ4v) is 2.37. The molecule has 0 aliphatic carbocycles. The molecule has 0 radical (unpaired) electrons. The van der Waals surface area contributed by atoms with Crippen molar-refractivity contribution in [2.45, 2.75) is 45.7 Å². The van der Waals surface area contributed by atoms with Crippen LogP contribution in [0.3, 0.4) is 0 Å². The summed E-state index contributed by atoms with van der Waals surface area (Å²) < 4.78 is 1.65. The van der Waals surface area contributed by atoms with Gasteiger partial charge in [-0.25, -0.2) is 0 Å². The van der Waals surface area contributed by atoms with Crippen LogP contribution in [0, 0.1) is 6.92 Å². The van der Waals surface area contributed by atoms with E-state index in [2.05, 4.69) is 10.4 Å². The Morgan fingerprint density at radius 1 is 1.47 bits per heavy atom. The monoisotopic (exact) mass is 264 g/mol. The minimum absolute atomic E-state index is 0.0850. The quantitative estimate of drug-likeness (QED) is 0.857. The number of nitrogens with zero attached hydrogens (tertiary/aromatic N) is 3. The molecule has 1 N–H and O–H groups in total. The lowest BCUT2D eigenvalue weighted by Gasteiger charge is -2.42. The lowest BCUT2D eigenvalue weighted by molar-refractivity contribution is -0.137. The van der Waals surface area contributed by atoms with Gasteiger partial charge in [-0.3, -0.25) is 19.2 Å². The molecule has 2 rings (SSSR count). The van der Waals surface area contributed by atoms with Crippen LogP contribution in [0.2, 0.25) is 0 Å². The molecule has 1 aliphatic heterocycles. The second kappa shape index (κ2) is 4.36. The number of piperazine rings is 1. The smallest absolute Gasteiger partial charge is 0.253 e. The average molecular weight is 264 g/mol. The van der Waals surface area contributed by atoms with Crippen molar-refractivity contribution in [2.24, 2.45) is 7.05 Å². The van der Waals surface area contributed by atoms with Crippen LogP contribution in [0.5, 0.6) is 0 Å². The largest absolute Gasteiger partial charge is 0.340 e. The van der Waals surface area contributed by atoms with Gasteiger partial charge in [-0.05, 0) is 27.2 Å². The van der Waals surface area contributed by atoms with Crippen LogP contribution in [-0.2, 0) is 16.6 Å². The summed E-state index contributed by atoms with van der Waals surface area (Å²) in [5, 5.41) is 7.06. The zero-order chi connectivity index (χ0) is 14.4. The predicted molar refractivity (Wildman–Crippen MR) is 71.7 cm³/mol. The van der Waals surface area contributed by atoms with E-state index in [1.54, 1.807) is 36.7 Å². The van der Waals surface area contributed by atoms with E-state index >= 15 is 0 Å². The molecule has 0 spiro atoms. The van der Waals surface area contributed by atoms with Gasteiger partial charge in [-0.15, -0.1) is 0 Å². The Hall–Kier alpha value is -1.85. The summed E-state index contributed by atoms with van der Waals surface area (Å²) in [5.41, 5.74) is 0.608. The minimum atomic E-state index is -0.841. The number of rotatable bonds is 2. The van der Waals surface area contributed by atoms with Gasteiger partial charge in [0.05, 0.1) is 11.4 Å². The van der Waals surface area contributed by atoms with Crippen molar-refractivity contribution in [2.75, 3.05) is 4.90 Å². The Labute approximate surface area is 112 Å². The number of hydrogen-bond acceptors (Lipinski definition) is 3. The van der Waals surface area contributed by atoms with Crippen molar-refractivity contribution in [1.82, 2.24) is 15.1 Å². The molecule has 1 saturated heterocycles. The molecule has 1 aromatic heterocycles. The first-order valence-electron chi connectivity index (χ1n) is 6.46. The standard InChI is InChI=1S/C13H20N4O2/c1-6-13(4)12(19)17(9(3)11(18)14-13)10-7-16(5)15-8(10)2/h7,9H,6H2,1-5H3,(H,14,18). The molecule has 19 heavy (non-hydrogen) atoms. The Balaban J connectivity index is 2.50. The maximum absolute atomic E-state index is 12.7. The fraction of sp³-hybridized carbons (Fsp3) is 0.615. The lowest BCUT2D eigenvalue weighted by atomic mass is 9.92. The molecule has 104 valence electrons. The Morgan fingerprint density at radius 3 is 2.58 bits per heavy atom. The molecule has 6 nitrogen and oxygen atoms in total. The molecule has 2 heterocycles. The van der Waals surface area contributed by atoms with E-state index < -0.39 is 11.6 Å². The van der Waals surface area contributed by atoms with Gasteiger partial charge in [0.2, 0.25) is 5.91 Å². The van der Waals surface area contributed by atoms with Crippen molar-refractivity contribution in [3.05, 3.63) is 11.9 Å². The number of anilines is 1. The van der Waals surface area contributed by atoms with Gasteiger partial charge in [0.1, 0.15) is 11.6 Å². The van der Waals surface area contributed by atoms with E-state index in [-0.39, 0.29) is 11.8 Å². The molecule has 0 bridgehead atoms. The Morgan fingerprint density at radius 2 is 2.11 bits per heavy atom. The normalized spacial score (nSPS) is 27.6. The van der Waals surface area contributed by atoms with Gasteiger partial charge in [0.25, 0.3) is 5.91 Å². The molecular formula is C13H20N4O2. The molecular weight excluding hydrogens is 244 g/mol. The second-order valence-corrected chi connectivity index (χ2v) is 5.30. The fourth-order valence-electron chi connectivity index (χ4n) is 2.37. The molecule has 6 heteroatoms. The number of carbonyl (C=O) groups is 2. The molecule has 0 saturated carbocycles. The predicted octanol–water partition coefficient (Wildman–Crippen LogP) is 0.749. The topological polar surface area (TPSA) is 67.2 Å². The minimum Gasteiger partial charge on any atom is -0.340 e. The van der Waals surface area contributed by atoms with Gasteiger partial charge in [-0.1, -0.05) is 6.92 Å². The summed E-state index contributed by atoms with van der Waals surface area (Å²) in [6.45, 7) is 7.22. The first-order chi connectivity index (χ1) is 8.80. The van der Waals surface area contributed by atoms with Crippen molar-refractivity contribution in [3.63, 3.8) is 0 Å². The molecule has 1 aromatic rings. The summed E-state index contributed by atoms with van der Waals surface area (Å²) in [7, 11) is 1.80. The van der Waals surface area contributed by atoms with E-state index in [0.717, 1.165) is 5.69 Å². The number of carbonyl (C=O) groups excluding carboxylic acids is 2. The van der Waals surface area contributed by atoms with Crippen LogP contribution >= 0.6 is 0 Å². The third-order valence-corrected chi connectivity index (χ3v) is 3.81. The maximum Gasteiger partial charge on any atom is 0.253 e. The van der Waals surface area contributed by atoms with Crippen molar-refractivity contribution >= 4 is 17.5 Å². The highest BCUT2D eigenvalue weighted by Crippen LogP contribution is 2.28. The third-order valence-electron chi connectivity index (χ3n) is 3.81. The number of nitrogens with one attached hydrogen (secondary N) is 1. The van der Waals surface area contributed by atoms with Crippen LogP contribution < -0.4 is 10.2 Å². The maximum atomic E-state index is 12.7. The highest BCUT2D eigenvalue weighted by Gasteiger charge is 2.46. The molecule has 0 aromatic carbocycles. The van der Waals surface area contributed by atoms with Gasteiger partial charge < -0.3 is 5.32 Å². The van der Waals surface area contributed by atoms with Gasteiger partial charge in [0.15, 0.2) is 0 Å². The number of hydrogen-bond donors (Lipinski definition) is 1. The SMILES string of the molecule is CCC1(C)NC(=O)C(C)N(c2cn(C)nc2C)C1=O. The summed E-state index contributed by atoms with van der Waals surface area (Å²) in [6, 6.07) is -0.518. The second-order valence-electron chi connectivity index (χ2n) is 5.30. The van der Waals surface area contributed by atoms with E-state index in [9.17, 15) is 9.59 Å². The summed E-state index contributed by atoms with van der Waals surface area (Å²) in [5.74, 6) is -0.217. The molecule has 1 fully saturated rings. The van der Waals surface area contributed by atoms with E-state index in [1.807, 2.05) is 13.8 Å². The van der Waals surface area contributed by atoms with Gasteiger partial charge in [0, 0.05) is 13.2 Å². The first-order valence-corrected chi connectivity index (χ1v) is 6.46. The van der Waals surface area contributed by atoms with Crippen molar-refractivity contribution in [3.8, 4) is 0 Å². The number of amides is 2. The number of aryl methyl sites for hydroxylation is 2. The Bertz CT molecular complexity index is 537. The average Bonchev–Trinajstić information content (AvgIpc) is 2.67. The summed E-state index contributed by atoms with van der Waals surface area (Å²) >= 11 is 0. The third kappa shape index (κ3) is 2.01. The first kappa shape index (κ1) is 13.6. The van der Waals surface area contributed by atoms with E-state index in [4.69, 9.17) is 0 Å². The van der Waals surface area contributed by atoms with Crippen LogP contribution in [0.15, 0.2) is 6.20 Å².